The fraction of sp³-hybridized carbons (Fsp3) is 0.333. The molecule has 0 fully saturated rings. The predicted octanol–water partition coefficient (Wildman–Crippen LogP) is 4.04. The van der Waals surface area contributed by atoms with Crippen molar-refractivity contribution in [3.63, 3.8) is 0 Å². The number of fused-ring (bicyclic) bond motifs is 2. The van der Waals surface area contributed by atoms with Gasteiger partial charge in [0, 0.05) is 22.2 Å². The predicted molar refractivity (Wildman–Crippen MR) is 126 cm³/mol. The van der Waals surface area contributed by atoms with Crippen LogP contribution in [0.25, 0.3) is 10.9 Å². The number of carbonyl (C=O) groups excluding carboxylic acids is 2. The van der Waals surface area contributed by atoms with E-state index in [1.165, 1.54) is 35.7 Å². The van der Waals surface area contributed by atoms with Crippen molar-refractivity contribution in [2.75, 3.05) is 12.9 Å². The number of pyridine rings is 2. The van der Waals surface area contributed by atoms with Gasteiger partial charge in [-0.05, 0) is 32.9 Å². The van der Waals surface area contributed by atoms with Gasteiger partial charge in [-0.1, -0.05) is 18.2 Å². The summed E-state index contributed by atoms with van der Waals surface area (Å²) in [7, 11) is 1.26. The van der Waals surface area contributed by atoms with Gasteiger partial charge in [-0.15, -0.1) is 11.8 Å². The molecule has 34 heavy (non-hydrogen) atoms. The molecule has 0 radical (unpaired) electrons. The van der Waals surface area contributed by atoms with Gasteiger partial charge < -0.3 is 19.4 Å². The van der Waals surface area contributed by atoms with Gasteiger partial charge >= 0.3 is 12.1 Å². The largest absolute Gasteiger partial charge is 0.465 e. The van der Waals surface area contributed by atoms with Crippen LogP contribution in [0.1, 0.15) is 48.4 Å². The molecule has 1 N–H and O–H groups in total. The minimum Gasteiger partial charge on any atom is -0.465 e. The first-order valence-corrected chi connectivity index (χ1v) is 11.6. The number of carbonyl (C=O) groups is 2. The van der Waals surface area contributed by atoms with Gasteiger partial charge in [-0.3, -0.25) is 4.79 Å². The Kier molecular flexibility index (Phi) is 6.35. The summed E-state index contributed by atoms with van der Waals surface area (Å²) in [4.78, 5) is 43.1. The van der Waals surface area contributed by atoms with E-state index >= 15 is 0 Å². The number of hydrogen-bond donors (Lipinski definition) is 1. The number of para-hydroxylation sites is 1. The average molecular weight is 486 g/mol. The molecule has 178 valence electrons. The lowest BCUT2D eigenvalue weighted by molar-refractivity contribution is 0.0508. The number of esters is 1. The second kappa shape index (κ2) is 9.09. The van der Waals surface area contributed by atoms with Gasteiger partial charge in [0.25, 0.3) is 5.56 Å². The van der Waals surface area contributed by atoms with Crippen LogP contribution in [-0.2, 0) is 16.0 Å². The fourth-order valence-corrected chi connectivity index (χ4v) is 4.99. The minimum atomic E-state index is -0.705. The number of alkyl carbamates (subject to hydrolysis) is 1. The second-order valence-electron chi connectivity index (χ2n) is 8.83. The Bertz CT molecular complexity index is 1350. The standard InChI is InChI=1S/C24H24FN3O5S/c1-24(2,3)33-23(31)27-17-12-34-20-15(22(30)32-4)11-28(21(29)18(17)20)10-14-9-8-13-6-5-7-16(25)19(13)26-14/h5-9,11,17H,10,12H2,1-4H3,(H,27,31)/t17-/m0/s1. The van der Waals surface area contributed by atoms with Gasteiger partial charge in [0.2, 0.25) is 0 Å². The zero-order valence-corrected chi connectivity index (χ0v) is 20.0. The molecule has 1 aliphatic rings. The maximum absolute atomic E-state index is 14.2. The Hall–Kier alpha value is -3.40. The molecule has 3 heterocycles. The number of benzene rings is 1. The van der Waals surface area contributed by atoms with Crippen molar-refractivity contribution in [3.05, 3.63) is 69.5 Å². The zero-order chi connectivity index (χ0) is 24.6. The summed E-state index contributed by atoms with van der Waals surface area (Å²) in [5.41, 5.74) is 0.0432. The van der Waals surface area contributed by atoms with E-state index in [-0.39, 0.29) is 28.7 Å². The van der Waals surface area contributed by atoms with E-state index in [2.05, 4.69) is 10.3 Å². The van der Waals surface area contributed by atoms with Gasteiger partial charge in [0.05, 0.1) is 36.5 Å². The topological polar surface area (TPSA) is 99.5 Å². The lowest BCUT2D eigenvalue weighted by atomic mass is 10.1. The number of hydrogen-bond acceptors (Lipinski definition) is 7. The van der Waals surface area contributed by atoms with Crippen molar-refractivity contribution in [3.8, 4) is 0 Å². The van der Waals surface area contributed by atoms with Gasteiger partial charge in [-0.2, -0.15) is 0 Å². The van der Waals surface area contributed by atoms with Crippen molar-refractivity contribution in [2.45, 2.75) is 43.9 Å². The van der Waals surface area contributed by atoms with E-state index < -0.39 is 29.5 Å². The Labute approximate surface area is 199 Å². The van der Waals surface area contributed by atoms with Crippen molar-refractivity contribution < 1.29 is 23.5 Å². The highest BCUT2D eigenvalue weighted by molar-refractivity contribution is 7.99. The number of amides is 1. The van der Waals surface area contributed by atoms with Crippen molar-refractivity contribution >= 4 is 34.7 Å². The zero-order valence-electron chi connectivity index (χ0n) is 19.2. The number of rotatable bonds is 4. The first-order chi connectivity index (χ1) is 16.1. The highest BCUT2D eigenvalue weighted by Gasteiger charge is 2.34. The molecule has 1 aliphatic heterocycles. The molecule has 0 unspecified atom stereocenters. The number of thioether (sulfide) groups is 1. The van der Waals surface area contributed by atoms with Crippen LogP contribution in [0.5, 0.6) is 0 Å². The first kappa shape index (κ1) is 23.7. The van der Waals surface area contributed by atoms with Gasteiger partial charge in [-0.25, -0.2) is 19.0 Å². The molecule has 0 saturated carbocycles. The van der Waals surface area contributed by atoms with E-state index in [4.69, 9.17) is 9.47 Å². The van der Waals surface area contributed by atoms with Crippen molar-refractivity contribution in [1.29, 1.82) is 0 Å². The molecule has 4 rings (SSSR count). The smallest absolute Gasteiger partial charge is 0.408 e. The number of nitrogens with zero attached hydrogens (tertiary/aromatic N) is 2. The maximum Gasteiger partial charge on any atom is 0.408 e. The number of methoxy groups -OCH3 is 1. The van der Waals surface area contributed by atoms with Crippen LogP contribution in [0, 0.1) is 5.82 Å². The number of nitrogens with one attached hydrogen (secondary N) is 1. The number of aromatic nitrogens is 2. The van der Waals surface area contributed by atoms with E-state index in [9.17, 15) is 18.8 Å². The van der Waals surface area contributed by atoms with Gasteiger partial charge in [0.1, 0.15) is 16.9 Å². The third-order valence-electron chi connectivity index (χ3n) is 5.17. The summed E-state index contributed by atoms with van der Waals surface area (Å²) in [6, 6.07) is 7.44. The summed E-state index contributed by atoms with van der Waals surface area (Å²) < 4.78 is 25.8. The Balaban J connectivity index is 1.74. The molecule has 2 aromatic heterocycles. The van der Waals surface area contributed by atoms with Crippen LogP contribution in [0.2, 0.25) is 0 Å². The van der Waals surface area contributed by atoms with Gasteiger partial charge in [0.15, 0.2) is 0 Å². The Morgan fingerprint density at radius 3 is 2.74 bits per heavy atom. The normalized spacial score (nSPS) is 15.1. The second-order valence-corrected chi connectivity index (χ2v) is 9.86. The van der Waals surface area contributed by atoms with E-state index in [1.807, 2.05) is 0 Å². The van der Waals surface area contributed by atoms with Crippen molar-refractivity contribution in [2.24, 2.45) is 0 Å². The molecule has 0 bridgehead atoms. The first-order valence-electron chi connectivity index (χ1n) is 10.6. The Morgan fingerprint density at radius 2 is 2.03 bits per heavy atom. The van der Waals surface area contributed by atoms with Crippen LogP contribution >= 0.6 is 11.8 Å². The molecule has 10 heteroatoms. The summed E-state index contributed by atoms with van der Waals surface area (Å²) in [5.74, 6) is -0.709. The molecule has 0 spiro atoms. The van der Waals surface area contributed by atoms with Crippen molar-refractivity contribution in [1.82, 2.24) is 14.9 Å². The lowest BCUT2D eigenvalue weighted by Crippen LogP contribution is -2.38. The molecule has 3 aromatic rings. The summed E-state index contributed by atoms with van der Waals surface area (Å²) >= 11 is 1.29. The SMILES string of the molecule is COC(=O)c1cn(Cc2ccc3cccc(F)c3n2)c(=O)c2c1SC[C@@H]2NC(=O)OC(C)(C)C. The Morgan fingerprint density at radius 1 is 1.26 bits per heavy atom. The molecule has 0 saturated heterocycles. The molecule has 1 amide bonds. The molecule has 8 nitrogen and oxygen atoms in total. The molecular formula is C24H24FN3O5S. The quantitative estimate of drug-likeness (QED) is 0.557. The maximum atomic E-state index is 14.2. The van der Waals surface area contributed by atoms with Crippen LogP contribution in [0.4, 0.5) is 9.18 Å². The monoisotopic (exact) mass is 485 g/mol. The van der Waals surface area contributed by atoms with Crippen LogP contribution in [0.3, 0.4) is 0 Å². The van der Waals surface area contributed by atoms with E-state index in [1.54, 1.807) is 45.0 Å². The number of ether oxygens (including phenoxy) is 2. The molecular weight excluding hydrogens is 461 g/mol. The molecule has 1 atom stereocenters. The van der Waals surface area contributed by atoms with E-state index in [0.29, 0.717) is 21.7 Å². The lowest BCUT2D eigenvalue weighted by Gasteiger charge is -2.22. The third kappa shape index (κ3) is 4.77. The van der Waals surface area contributed by atoms with Crippen LogP contribution in [-0.4, -0.2) is 40.1 Å². The summed E-state index contributed by atoms with van der Waals surface area (Å²) in [6.07, 6.45) is 0.760. The fourth-order valence-electron chi connectivity index (χ4n) is 3.73. The minimum absolute atomic E-state index is 0.00417. The molecule has 0 aliphatic carbocycles. The highest BCUT2D eigenvalue weighted by atomic mass is 32.2. The number of halogens is 1. The highest BCUT2D eigenvalue weighted by Crippen LogP contribution is 2.39. The summed E-state index contributed by atoms with van der Waals surface area (Å²) in [5, 5.41) is 3.36. The molecule has 1 aromatic carbocycles. The average Bonchev–Trinajstić information content (AvgIpc) is 3.18. The third-order valence-corrected chi connectivity index (χ3v) is 6.39. The van der Waals surface area contributed by atoms with Crippen LogP contribution < -0.4 is 10.9 Å². The summed E-state index contributed by atoms with van der Waals surface area (Å²) in [6.45, 7) is 5.23. The van der Waals surface area contributed by atoms with E-state index in [0.717, 1.165) is 0 Å². The van der Waals surface area contributed by atoms with Crippen LogP contribution in [0.15, 0.2) is 46.2 Å².